The summed E-state index contributed by atoms with van der Waals surface area (Å²) >= 11 is 0. The van der Waals surface area contributed by atoms with Crippen LogP contribution in [-0.4, -0.2) is 63.3 Å². The average Bonchev–Trinajstić information content (AvgIpc) is 3.01. The topological polar surface area (TPSA) is 60.9 Å². The Morgan fingerprint density at radius 1 is 0.964 bits per heavy atom. The number of fused-ring (bicyclic) bond motifs is 1. The molecule has 0 radical (unpaired) electrons. The molecule has 0 saturated carbocycles. The van der Waals surface area contributed by atoms with Crippen LogP contribution in [0.15, 0.2) is 53.4 Å². The van der Waals surface area contributed by atoms with Crippen molar-refractivity contribution in [1.29, 1.82) is 0 Å². The number of likely N-dealkylation sites (N-methyl/N-ethyl adjacent to an activating group) is 1. The molecule has 7 heteroatoms. The largest absolute Gasteiger partial charge is 0.315 e. The molecule has 28 heavy (non-hydrogen) atoms. The average molecular weight is 400 g/mol. The van der Waals surface area contributed by atoms with E-state index in [0.717, 1.165) is 37.3 Å². The quantitative estimate of drug-likeness (QED) is 0.769. The van der Waals surface area contributed by atoms with E-state index in [1.54, 1.807) is 34.5 Å². The maximum Gasteiger partial charge on any atom is 0.243 e. The lowest BCUT2D eigenvalue weighted by Gasteiger charge is -2.34. The first-order chi connectivity index (χ1) is 13.4. The standard InChI is InChI=1S/C21H25N3O3S/c1-22-20-8-7-19(15-18(20)16-21(22)25)28(26,27)24-13-11-23(12-14-24)10-9-17-5-3-2-4-6-17/h2-8,15H,9-14,16H2,1H3. The van der Waals surface area contributed by atoms with E-state index in [1.807, 2.05) is 18.2 Å². The smallest absolute Gasteiger partial charge is 0.243 e. The summed E-state index contributed by atoms with van der Waals surface area (Å²) < 4.78 is 27.7. The van der Waals surface area contributed by atoms with E-state index in [0.29, 0.717) is 13.1 Å². The van der Waals surface area contributed by atoms with Gasteiger partial charge in [0.1, 0.15) is 0 Å². The number of carbonyl (C=O) groups is 1. The van der Waals surface area contributed by atoms with Crippen molar-refractivity contribution in [2.24, 2.45) is 0 Å². The molecule has 1 fully saturated rings. The van der Waals surface area contributed by atoms with E-state index in [4.69, 9.17) is 0 Å². The Bertz CT molecular complexity index is 968. The highest BCUT2D eigenvalue weighted by molar-refractivity contribution is 7.89. The van der Waals surface area contributed by atoms with E-state index in [9.17, 15) is 13.2 Å². The highest BCUT2D eigenvalue weighted by atomic mass is 32.2. The Labute approximate surface area is 166 Å². The molecule has 0 spiro atoms. The molecule has 148 valence electrons. The molecule has 1 saturated heterocycles. The molecule has 0 N–H and O–H groups in total. The molecule has 0 aromatic heterocycles. The molecular formula is C21H25N3O3S. The van der Waals surface area contributed by atoms with Crippen LogP contribution < -0.4 is 4.90 Å². The third-order valence-corrected chi connectivity index (χ3v) is 7.55. The third kappa shape index (κ3) is 3.70. The van der Waals surface area contributed by atoms with E-state index < -0.39 is 10.0 Å². The second-order valence-corrected chi connectivity index (χ2v) is 9.34. The molecule has 0 atom stereocenters. The van der Waals surface area contributed by atoms with Gasteiger partial charge in [-0.3, -0.25) is 4.79 Å². The number of anilines is 1. The number of rotatable bonds is 5. The van der Waals surface area contributed by atoms with E-state index >= 15 is 0 Å². The van der Waals surface area contributed by atoms with Crippen molar-refractivity contribution in [1.82, 2.24) is 9.21 Å². The number of benzene rings is 2. The predicted octanol–water partition coefficient (Wildman–Crippen LogP) is 1.75. The van der Waals surface area contributed by atoms with Gasteiger partial charge in [-0.1, -0.05) is 30.3 Å². The molecule has 4 rings (SSSR count). The molecule has 0 unspecified atom stereocenters. The molecule has 2 aliphatic heterocycles. The van der Waals surface area contributed by atoms with Crippen LogP contribution in [0, 0.1) is 0 Å². The minimum atomic E-state index is -3.53. The number of hydrogen-bond acceptors (Lipinski definition) is 4. The summed E-state index contributed by atoms with van der Waals surface area (Å²) in [5.41, 5.74) is 2.89. The fourth-order valence-corrected chi connectivity index (χ4v) is 5.35. The highest BCUT2D eigenvalue weighted by Gasteiger charge is 2.31. The summed E-state index contributed by atoms with van der Waals surface area (Å²) in [5, 5.41) is 0. The molecule has 1 amide bonds. The lowest BCUT2D eigenvalue weighted by atomic mass is 10.1. The Morgan fingerprint density at radius 2 is 1.68 bits per heavy atom. The second-order valence-electron chi connectivity index (χ2n) is 7.40. The Balaban J connectivity index is 1.39. The molecule has 6 nitrogen and oxygen atoms in total. The minimum absolute atomic E-state index is 0.00317. The van der Waals surface area contributed by atoms with Crippen LogP contribution in [0.3, 0.4) is 0 Å². The first kappa shape index (κ1) is 19.1. The monoisotopic (exact) mass is 399 g/mol. The normalized spacial score (nSPS) is 18.5. The van der Waals surface area contributed by atoms with Gasteiger partial charge in [0.05, 0.1) is 11.3 Å². The van der Waals surface area contributed by atoms with Crippen LogP contribution in [0.5, 0.6) is 0 Å². The van der Waals surface area contributed by atoms with Crippen molar-refractivity contribution >= 4 is 21.6 Å². The van der Waals surface area contributed by atoms with E-state index in [1.165, 1.54) is 5.56 Å². The first-order valence-electron chi connectivity index (χ1n) is 9.61. The number of carbonyl (C=O) groups excluding carboxylic acids is 1. The van der Waals surface area contributed by atoms with Crippen LogP contribution in [-0.2, 0) is 27.7 Å². The zero-order chi connectivity index (χ0) is 19.7. The maximum atomic E-state index is 13.0. The van der Waals surface area contributed by atoms with Crippen molar-refractivity contribution in [2.45, 2.75) is 17.7 Å². The van der Waals surface area contributed by atoms with Gasteiger partial charge in [-0.2, -0.15) is 4.31 Å². The molecule has 2 aliphatic rings. The first-order valence-corrected chi connectivity index (χ1v) is 11.0. The second kappa shape index (κ2) is 7.66. The number of hydrogen-bond donors (Lipinski definition) is 0. The van der Waals surface area contributed by atoms with Crippen LogP contribution in [0.25, 0.3) is 0 Å². The number of nitrogens with zero attached hydrogens (tertiary/aromatic N) is 3. The SMILES string of the molecule is CN1C(=O)Cc2cc(S(=O)(=O)N3CCN(CCc4ccccc4)CC3)ccc21. The summed E-state index contributed by atoms with van der Waals surface area (Å²) in [6.45, 7) is 3.39. The zero-order valence-electron chi connectivity index (χ0n) is 16.0. The number of piperazine rings is 1. The summed E-state index contributed by atoms with van der Waals surface area (Å²) in [5.74, 6) is -0.00317. The lowest BCUT2D eigenvalue weighted by Crippen LogP contribution is -2.49. The van der Waals surface area contributed by atoms with Crippen molar-refractivity contribution < 1.29 is 13.2 Å². The van der Waals surface area contributed by atoms with Crippen LogP contribution >= 0.6 is 0 Å². The van der Waals surface area contributed by atoms with Crippen molar-refractivity contribution in [3.63, 3.8) is 0 Å². The van der Waals surface area contributed by atoms with Crippen molar-refractivity contribution in [2.75, 3.05) is 44.7 Å². The van der Waals surface area contributed by atoms with Gasteiger partial charge in [0, 0.05) is 45.5 Å². The summed E-state index contributed by atoms with van der Waals surface area (Å²) in [6, 6.07) is 15.4. The van der Waals surface area contributed by atoms with Crippen molar-refractivity contribution in [3.05, 3.63) is 59.7 Å². The predicted molar refractivity (Wildman–Crippen MR) is 109 cm³/mol. The lowest BCUT2D eigenvalue weighted by molar-refractivity contribution is -0.117. The molecule has 2 aromatic rings. The van der Waals surface area contributed by atoms with Gasteiger partial charge in [0.25, 0.3) is 0 Å². The molecule has 0 bridgehead atoms. The Kier molecular flexibility index (Phi) is 5.23. The molecular weight excluding hydrogens is 374 g/mol. The minimum Gasteiger partial charge on any atom is -0.315 e. The van der Waals surface area contributed by atoms with Gasteiger partial charge in [0.2, 0.25) is 15.9 Å². The van der Waals surface area contributed by atoms with Crippen molar-refractivity contribution in [3.8, 4) is 0 Å². The van der Waals surface area contributed by atoms with Crippen LogP contribution in [0.4, 0.5) is 5.69 Å². The maximum absolute atomic E-state index is 13.0. The number of sulfonamides is 1. The van der Waals surface area contributed by atoms with Gasteiger partial charge in [-0.05, 0) is 35.7 Å². The van der Waals surface area contributed by atoms with Gasteiger partial charge in [-0.15, -0.1) is 0 Å². The molecule has 0 aliphatic carbocycles. The molecule has 2 heterocycles. The summed E-state index contributed by atoms with van der Waals surface area (Å²) in [4.78, 5) is 16.0. The summed E-state index contributed by atoms with van der Waals surface area (Å²) in [6.07, 6.45) is 1.24. The van der Waals surface area contributed by atoms with E-state index in [-0.39, 0.29) is 17.2 Å². The van der Waals surface area contributed by atoms with Gasteiger partial charge in [-0.25, -0.2) is 8.42 Å². The van der Waals surface area contributed by atoms with Crippen LogP contribution in [0.2, 0.25) is 0 Å². The fraction of sp³-hybridized carbons (Fsp3) is 0.381. The van der Waals surface area contributed by atoms with Crippen LogP contribution in [0.1, 0.15) is 11.1 Å². The number of amides is 1. The van der Waals surface area contributed by atoms with Gasteiger partial charge < -0.3 is 9.80 Å². The zero-order valence-corrected chi connectivity index (χ0v) is 16.9. The van der Waals surface area contributed by atoms with Gasteiger partial charge >= 0.3 is 0 Å². The fourth-order valence-electron chi connectivity index (χ4n) is 3.88. The van der Waals surface area contributed by atoms with E-state index in [2.05, 4.69) is 17.0 Å². The Hall–Kier alpha value is -2.22. The summed E-state index contributed by atoms with van der Waals surface area (Å²) in [7, 11) is -1.81. The highest BCUT2D eigenvalue weighted by Crippen LogP contribution is 2.30. The van der Waals surface area contributed by atoms with Gasteiger partial charge in [0.15, 0.2) is 0 Å². The third-order valence-electron chi connectivity index (χ3n) is 5.66. The molecule has 2 aromatic carbocycles. The Morgan fingerprint density at radius 3 is 2.39 bits per heavy atom.